The van der Waals surface area contributed by atoms with Crippen LogP contribution in [0.25, 0.3) is 0 Å². The van der Waals surface area contributed by atoms with Crippen LogP contribution in [0.4, 0.5) is 5.69 Å². The number of carbonyl (C=O) groups excluding carboxylic acids is 2. The lowest BCUT2D eigenvalue weighted by Crippen LogP contribution is -2.47. The van der Waals surface area contributed by atoms with Gasteiger partial charge in [-0.2, -0.15) is 5.26 Å². The molecule has 1 aliphatic heterocycles. The first-order chi connectivity index (χ1) is 11.6. The molecule has 2 fully saturated rings. The van der Waals surface area contributed by atoms with Crippen LogP contribution in [0.2, 0.25) is 0 Å². The molecule has 1 saturated heterocycles. The third kappa shape index (κ3) is 3.28. The molecule has 1 heterocycles. The average molecular weight is 325 g/mol. The zero-order valence-corrected chi connectivity index (χ0v) is 13.8. The number of anilines is 1. The van der Waals surface area contributed by atoms with Crippen LogP contribution in [-0.2, 0) is 9.59 Å². The van der Waals surface area contributed by atoms with E-state index in [2.05, 4.69) is 11.4 Å². The molecule has 0 radical (unpaired) electrons. The highest BCUT2D eigenvalue weighted by molar-refractivity contribution is 5.93. The number of nitrogens with zero attached hydrogens (tertiary/aromatic N) is 2. The summed E-state index contributed by atoms with van der Waals surface area (Å²) in [6.45, 7) is 1.13. The first kappa shape index (κ1) is 16.5. The van der Waals surface area contributed by atoms with E-state index < -0.39 is 5.41 Å². The molecule has 1 aromatic carbocycles. The molecule has 5 heteroatoms. The minimum absolute atomic E-state index is 0.0177. The summed E-state index contributed by atoms with van der Waals surface area (Å²) in [4.78, 5) is 26.9. The maximum Gasteiger partial charge on any atom is 0.243 e. The van der Waals surface area contributed by atoms with Crippen molar-refractivity contribution >= 4 is 17.5 Å². The van der Waals surface area contributed by atoms with Crippen molar-refractivity contribution in [1.29, 1.82) is 5.26 Å². The van der Waals surface area contributed by atoms with E-state index in [1.165, 1.54) is 0 Å². The van der Waals surface area contributed by atoms with Crippen molar-refractivity contribution in [2.24, 2.45) is 11.3 Å². The Bertz CT molecular complexity index is 636. The van der Waals surface area contributed by atoms with Crippen molar-refractivity contribution in [1.82, 2.24) is 4.90 Å². The number of hydrogen-bond acceptors (Lipinski definition) is 3. The van der Waals surface area contributed by atoms with Gasteiger partial charge in [0.25, 0.3) is 0 Å². The Labute approximate surface area is 142 Å². The third-order valence-corrected chi connectivity index (χ3v) is 5.27. The molecule has 1 aliphatic carbocycles. The van der Waals surface area contributed by atoms with Crippen LogP contribution in [0.1, 0.15) is 38.5 Å². The maximum atomic E-state index is 12.7. The molecule has 126 valence electrons. The van der Waals surface area contributed by atoms with Gasteiger partial charge in [0.1, 0.15) is 5.41 Å². The number of rotatable bonds is 3. The molecule has 24 heavy (non-hydrogen) atoms. The highest BCUT2D eigenvalue weighted by atomic mass is 16.2. The van der Waals surface area contributed by atoms with Crippen molar-refractivity contribution < 1.29 is 9.59 Å². The highest BCUT2D eigenvalue weighted by Crippen LogP contribution is 2.39. The first-order valence-corrected chi connectivity index (χ1v) is 8.71. The quantitative estimate of drug-likeness (QED) is 0.928. The monoisotopic (exact) mass is 325 g/mol. The van der Waals surface area contributed by atoms with Crippen LogP contribution in [0.3, 0.4) is 0 Å². The molecule has 0 spiro atoms. The molecule has 0 unspecified atom stereocenters. The molecule has 0 atom stereocenters. The second kappa shape index (κ2) is 7.04. The van der Waals surface area contributed by atoms with Crippen LogP contribution in [-0.4, -0.2) is 29.8 Å². The third-order valence-electron chi connectivity index (χ3n) is 5.27. The van der Waals surface area contributed by atoms with E-state index in [1.807, 2.05) is 30.3 Å². The van der Waals surface area contributed by atoms with E-state index in [0.717, 1.165) is 18.5 Å². The second-order valence-electron chi connectivity index (χ2n) is 6.82. The number of carbonyl (C=O) groups is 2. The number of nitriles is 1. The summed E-state index contributed by atoms with van der Waals surface area (Å²) in [7, 11) is 0. The molecular formula is C19H23N3O2. The summed E-state index contributed by atoms with van der Waals surface area (Å²) < 4.78 is 0. The van der Waals surface area contributed by atoms with Gasteiger partial charge in [0.2, 0.25) is 11.8 Å². The fraction of sp³-hybridized carbons (Fsp3) is 0.526. The maximum absolute atomic E-state index is 12.7. The molecule has 1 N–H and O–H groups in total. The summed E-state index contributed by atoms with van der Waals surface area (Å²) in [5, 5.41) is 12.4. The standard InChI is InChI=1S/C19H23N3O2/c20-14-19(10-4-5-11-19)18(24)22-12-8-15(9-13-22)17(23)21-16-6-2-1-3-7-16/h1-3,6-7,15H,4-5,8-13H2,(H,21,23). The van der Waals surface area contributed by atoms with Crippen molar-refractivity contribution in [2.75, 3.05) is 18.4 Å². The van der Waals surface area contributed by atoms with E-state index in [0.29, 0.717) is 38.8 Å². The highest BCUT2D eigenvalue weighted by Gasteiger charge is 2.44. The van der Waals surface area contributed by atoms with Gasteiger partial charge in [-0.1, -0.05) is 31.0 Å². The molecule has 1 aromatic rings. The van der Waals surface area contributed by atoms with E-state index in [4.69, 9.17) is 0 Å². The van der Waals surface area contributed by atoms with Crippen molar-refractivity contribution in [2.45, 2.75) is 38.5 Å². The summed E-state index contributed by atoms with van der Waals surface area (Å²) in [5.41, 5.74) is -0.00512. The molecule has 5 nitrogen and oxygen atoms in total. The van der Waals surface area contributed by atoms with E-state index in [1.54, 1.807) is 4.90 Å². The fourth-order valence-corrected chi connectivity index (χ4v) is 3.77. The number of amides is 2. The normalized spacial score (nSPS) is 20.4. The molecule has 0 bridgehead atoms. The van der Waals surface area contributed by atoms with Gasteiger partial charge in [0.05, 0.1) is 6.07 Å². The zero-order valence-electron chi connectivity index (χ0n) is 13.8. The lowest BCUT2D eigenvalue weighted by molar-refractivity contribution is -0.141. The topological polar surface area (TPSA) is 73.2 Å². The molecule has 2 amide bonds. The largest absolute Gasteiger partial charge is 0.341 e. The van der Waals surface area contributed by atoms with E-state index in [-0.39, 0.29) is 17.7 Å². The number of hydrogen-bond donors (Lipinski definition) is 1. The van der Waals surface area contributed by atoms with Crippen LogP contribution in [0.5, 0.6) is 0 Å². The number of para-hydroxylation sites is 1. The summed E-state index contributed by atoms with van der Waals surface area (Å²) in [6, 6.07) is 11.7. The Morgan fingerprint density at radius 1 is 1.12 bits per heavy atom. The Kier molecular flexibility index (Phi) is 4.84. The van der Waals surface area contributed by atoms with Gasteiger partial charge in [-0.15, -0.1) is 0 Å². The lowest BCUT2D eigenvalue weighted by atomic mass is 9.85. The summed E-state index contributed by atoms with van der Waals surface area (Å²) >= 11 is 0. The van der Waals surface area contributed by atoms with Crippen LogP contribution >= 0.6 is 0 Å². The van der Waals surface area contributed by atoms with E-state index >= 15 is 0 Å². The summed E-state index contributed by atoms with van der Waals surface area (Å²) in [6.07, 6.45) is 4.58. The smallest absolute Gasteiger partial charge is 0.243 e. The number of likely N-dealkylation sites (tertiary alicyclic amines) is 1. The average Bonchev–Trinajstić information content (AvgIpc) is 3.12. The van der Waals surface area contributed by atoms with Crippen LogP contribution in [0, 0.1) is 22.7 Å². The van der Waals surface area contributed by atoms with Gasteiger partial charge >= 0.3 is 0 Å². The van der Waals surface area contributed by atoms with Crippen molar-refractivity contribution in [3.05, 3.63) is 30.3 Å². The minimum atomic E-state index is -0.806. The van der Waals surface area contributed by atoms with Gasteiger partial charge in [-0.25, -0.2) is 0 Å². The Balaban J connectivity index is 1.55. The second-order valence-corrected chi connectivity index (χ2v) is 6.82. The number of piperidine rings is 1. The summed E-state index contributed by atoms with van der Waals surface area (Å²) in [5.74, 6) is -0.0792. The molecule has 3 rings (SSSR count). The first-order valence-electron chi connectivity index (χ1n) is 8.71. The van der Waals surface area contributed by atoms with Crippen LogP contribution in [0.15, 0.2) is 30.3 Å². The van der Waals surface area contributed by atoms with Gasteiger partial charge in [0, 0.05) is 24.7 Å². The predicted molar refractivity (Wildman–Crippen MR) is 90.9 cm³/mol. The van der Waals surface area contributed by atoms with Crippen molar-refractivity contribution in [3.8, 4) is 6.07 Å². The predicted octanol–water partition coefficient (Wildman–Crippen LogP) is 2.95. The van der Waals surface area contributed by atoms with Crippen molar-refractivity contribution in [3.63, 3.8) is 0 Å². The number of benzene rings is 1. The minimum Gasteiger partial charge on any atom is -0.341 e. The fourth-order valence-electron chi connectivity index (χ4n) is 3.77. The molecule has 1 saturated carbocycles. The van der Waals surface area contributed by atoms with Crippen LogP contribution < -0.4 is 5.32 Å². The van der Waals surface area contributed by atoms with Gasteiger partial charge < -0.3 is 10.2 Å². The van der Waals surface area contributed by atoms with Gasteiger partial charge in [-0.3, -0.25) is 9.59 Å². The molecule has 2 aliphatic rings. The molecule has 0 aromatic heterocycles. The lowest BCUT2D eigenvalue weighted by Gasteiger charge is -2.35. The molecular weight excluding hydrogens is 302 g/mol. The Morgan fingerprint density at radius 2 is 1.75 bits per heavy atom. The van der Waals surface area contributed by atoms with E-state index in [9.17, 15) is 14.9 Å². The SMILES string of the molecule is N#CC1(C(=O)N2CCC(C(=O)Nc3ccccc3)CC2)CCCC1. The zero-order chi connectivity index (χ0) is 17.0. The number of nitrogens with one attached hydrogen (secondary N) is 1. The van der Waals surface area contributed by atoms with Gasteiger partial charge in [0.15, 0.2) is 0 Å². The Morgan fingerprint density at radius 3 is 2.33 bits per heavy atom. The Hall–Kier alpha value is -2.35. The van der Waals surface area contributed by atoms with Gasteiger partial charge in [-0.05, 0) is 37.8 Å².